The monoisotopic (exact) mass is 485 g/mol. The topological polar surface area (TPSA) is 114 Å². The number of carbonyl (C=O) groups is 2. The predicted molar refractivity (Wildman–Crippen MR) is 115 cm³/mol. The van der Waals surface area contributed by atoms with Crippen molar-refractivity contribution in [1.29, 1.82) is 0 Å². The van der Waals surface area contributed by atoms with Gasteiger partial charge in [-0.3, -0.25) is 14.4 Å². The van der Waals surface area contributed by atoms with Gasteiger partial charge < -0.3 is 9.47 Å². The summed E-state index contributed by atoms with van der Waals surface area (Å²) in [6, 6.07) is 7.02. The first-order valence-corrected chi connectivity index (χ1v) is 11.4. The molecule has 32 heavy (non-hydrogen) atoms. The van der Waals surface area contributed by atoms with Gasteiger partial charge in [0.25, 0.3) is 10.2 Å². The second-order valence-electron chi connectivity index (χ2n) is 7.28. The summed E-state index contributed by atoms with van der Waals surface area (Å²) in [5.74, 6) is -1.43. The highest BCUT2D eigenvalue weighted by Crippen LogP contribution is 2.37. The van der Waals surface area contributed by atoms with Crippen molar-refractivity contribution in [2.75, 3.05) is 11.8 Å². The van der Waals surface area contributed by atoms with Gasteiger partial charge in [0.15, 0.2) is 11.6 Å². The van der Waals surface area contributed by atoms with Gasteiger partial charge in [-0.2, -0.15) is 8.42 Å². The van der Waals surface area contributed by atoms with Crippen molar-refractivity contribution in [3.05, 3.63) is 52.3 Å². The molecule has 12 heteroatoms. The van der Waals surface area contributed by atoms with Gasteiger partial charge in [0.2, 0.25) is 0 Å². The number of fused-ring (bicyclic) bond motifs is 1. The van der Waals surface area contributed by atoms with Crippen LogP contribution in [0, 0.1) is 11.7 Å². The van der Waals surface area contributed by atoms with Crippen LogP contribution in [0.25, 0.3) is 0 Å². The molecule has 0 atom stereocenters. The van der Waals surface area contributed by atoms with Crippen molar-refractivity contribution >= 4 is 39.6 Å². The summed E-state index contributed by atoms with van der Waals surface area (Å²) in [5.41, 5.74) is 0.351. The van der Waals surface area contributed by atoms with Crippen LogP contribution in [0.1, 0.15) is 25.0 Å². The summed E-state index contributed by atoms with van der Waals surface area (Å²) in [6.07, 6.45) is -0.749. The molecule has 0 aromatic heterocycles. The summed E-state index contributed by atoms with van der Waals surface area (Å²) in [5, 5.41) is 0.158. The van der Waals surface area contributed by atoms with Crippen molar-refractivity contribution in [3.63, 3.8) is 0 Å². The number of anilines is 1. The molecule has 1 aliphatic rings. The molecular weight excluding hydrogens is 465 g/mol. The van der Waals surface area contributed by atoms with Crippen molar-refractivity contribution in [2.45, 2.75) is 26.9 Å². The average molecular weight is 486 g/mol. The molecule has 0 radical (unpaired) electrons. The molecule has 2 N–H and O–H groups in total. The maximum absolute atomic E-state index is 14.8. The molecule has 9 nitrogen and oxygen atoms in total. The lowest BCUT2D eigenvalue weighted by Gasteiger charge is -2.29. The number of nitrogens with one attached hydrogen (secondary N) is 2. The average Bonchev–Trinajstić information content (AvgIpc) is 2.72. The zero-order valence-corrected chi connectivity index (χ0v) is 19.0. The second kappa shape index (κ2) is 9.31. The molecule has 2 aromatic carbocycles. The number of hydrogen-bond acceptors (Lipinski definition) is 6. The van der Waals surface area contributed by atoms with Gasteiger partial charge in [-0.1, -0.05) is 37.6 Å². The molecular formula is C20H21ClFN3O6S. The number of halogens is 2. The van der Waals surface area contributed by atoms with Crippen LogP contribution in [-0.4, -0.2) is 32.4 Å². The summed E-state index contributed by atoms with van der Waals surface area (Å²) in [7, 11) is -2.73. The third kappa shape index (κ3) is 5.29. The third-order valence-corrected chi connectivity index (χ3v) is 5.89. The van der Waals surface area contributed by atoms with E-state index in [4.69, 9.17) is 21.1 Å². The van der Waals surface area contributed by atoms with E-state index in [-0.39, 0.29) is 46.8 Å². The van der Waals surface area contributed by atoms with E-state index in [1.54, 1.807) is 13.8 Å². The Morgan fingerprint density at radius 1 is 1.34 bits per heavy atom. The number of ether oxygens (including phenoxy) is 2. The molecule has 0 bridgehead atoms. The van der Waals surface area contributed by atoms with Crippen LogP contribution in [0.15, 0.2) is 30.3 Å². The number of rotatable bonds is 7. The van der Waals surface area contributed by atoms with Gasteiger partial charge in [-0.25, -0.2) is 13.9 Å². The number of esters is 1. The smallest absolute Gasteiger partial charge is 0.415 e. The highest BCUT2D eigenvalue weighted by atomic mass is 35.5. The lowest BCUT2D eigenvalue weighted by Crippen LogP contribution is -2.36. The molecule has 1 aliphatic heterocycles. The predicted octanol–water partition coefficient (Wildman–Crippen LogP) is 3.43. The Morgan fingerprint density at radius 3 is 2.72 bits per heavy atom. The molecule has 0 aliphatic carbocycles. The van der Waals surface area contributed by atoms with Crippen molar-refractivity contribution in [3.8, 4) is 11.5 Å². The lowest BCUT2D eigenvalue weighted by atomic mass is 10.1. The Morgan fingerprint density at radius 2 is 2.06 bits per heavy atom. The summed E-state index contributed by atoms with van der Waals surface area (Å²) >= 11 is 6.21. The first-order chi connectivity index (χ1) is 15.0. The van der Waals surface area contributed by atoms with Crippen LogP contribution in [0.4, 0.5) is 14.9 Å². The molecule has 2 aromatic rings. The van der Waals surface area contributed by atoms with Crippen molar-refractivity contribution in [1.82, 2.24) is 9.62 Å². The van der Waals surface area contributed by atoms with E-state index in [0.29, 0.717) is 5.56 Å². The van der Waals surface area contributed by atoms with Gasteiger partial charge in [-0.15, -0.1) is 0 Å². The molecule has 0 unspecified atom stereocenters. The van der Waals surface area contributed by atoms with E-state index < -0.39 is 28.1 Å². The normalized spacial score (nSPS) is 13.6. The zero-order valence-electron chi connectivity index (χ0n) is 17.4. The third-order valence-electron chi connectivity index (χ3n) is 4.57. The highest BCUT2D eigenvalue weighted by Gasteiger charge is 2.28. The zero-order chi connectivity index (χ0) is 23.6. The van der Waals surface area contributed by atoms with Crippen molar-refractivity contribution in [2.24, 2.45) is 5.92 Å². The molecule has 172 valence electrons. The molecule has 3 rings (SSSR count). The second-order valence-corrected chi connectivity index (χ2v) is 9.30. The minimum Gasteiger partial charge on any atom is -0.425 e. The molecule has 1 heterocycles. The van der Waals surface area contributed by atoms with Gasteiger partial charge >= 0.3 is 12.1 Å². The summed E-state index contributed by atoms with van der Waals surface area (Å²) in [6.45, 7) is 3.22. The standard InChI is InChI=1S/C20H21ClFN3O6S/c1-11(2)19(26)30-17-8-16-13(7-14(17)21)10-25(20(27)31-16)9-12-5-4-6-15(18(12)22)24-32(28,29)23-3/h4-8,11,23-24H,9-10H2,1-3H3. The lowest BCUT2D eigenvalue weighted by molar-refractivity contribution is -0.137. The van der Waals surface area contributed by atoms with Gasteiger partial charge in [0.05, 0.1) is 29.7 Å². The van der Waals surface area contributed by atoms with Crippen LogP contribution in [0.5, 0.6) is 11.5 Å². The first-order valence-electron chi connectivity index (χ1n) is 9.50. The summed E-state index contributed by atoms with van der Waals surface area (Å²) < 4.78 is 52.8. The Kier molecular flexibility index (Phi) is 6.91. The van der Waals surface area contributed by atoms with Crippen LogP contribution in [-0.2, 0) is 28.1 Å². The fourth-order valence-electron chi connectivity index (χ4n) is 2.83. The Labute approximate surface area is 189 Å². The number of carbonyl (C=O) groups excluding carboxylic acids is 2. The highest BCUT2D eigenvalue weighted by molar-refractivity contribution is 7.90. The Balaban J connectivity index is 1.82. The summed E-state index contributed by atoms with van der Waals surface area (Å²) in [4.78, 5) is 25.5. The number of nitrogens with zero attached hydrogens (tertiary/aromatic N) is 1. The van der Waals surface area contributed by atoms with Gasteiger partial charge in [0, 0.05) is 24.2 Å². The van der Waals surface area contributed by atoms with Crippen LogP contribution >= 0.6 is 11.6 Å². The largest absolute Gasteiger partial charge is 0.425 e. The number of benzene rings is 2. The SMILES string of the molecule is CNS(=O)(=O)Nc1cccc(CN2Cc3cc(Cl)c(OC(=O)C(C)C)cc3OC2=O)c1F. The molecule has 1 amide bonds. The van der Waals surface area contributed by atoms with Crippen LogP contribution < -0.4 is 18.9 Å². The van der Waals surface area contributed by atoms with Gasteiger partial charge in [-0.05, 0) is 12.1 Å². The fourth-order valence-corrected chi connectivity index (χ4v) is 3.60. The first kappa shape index (κ1) is 23.8. The van der Waals surface area contributed by atoms with Crippen molar-refractivity contribution < 1.29 is 31.9 Å². The van der Waals surface area contributed by atoms with E-state index >= 15 is 0 Å². The number of amides is 1. The maximum atomic E-state index is 14.8. The molecule has 0 spiro atoms. The van der Waals surface area contributed by atoms with E-state index in [0.717, 1.165) is 0 Å². The minimum atomic E-state index is -3.91. The fraction of sp³-hybridized carbons (Fsp3) is 0.300. The van der Waals surface area contributed by atoms with Gasteiger partial charge in [0.1, 0.15) is 5.75 Å². The van der Waals surface area contributed by atoms with Crippen LogP contribution in [0.2, 0.25) is 5.02 Å². The van der Waals surface area contributed by atoms with E-state index in [1.165, 1.54) is 42.3 Å². The molecule has 0 saturated heterocycles. The maximum Gasteiger partial charge on any atom is 0.415 e. The van der Waals surface area contributed by atoms with Crippen LogP contribution in [0.3, 0.4) is 0 Å². The molecule has 0 fully saturated rings. The minimum absolute atomic E-state index is 0.0538. The quantitative estimate of drug-likeness (QED) is 0.458. The van der Waals surface area contributed by atoms with E-state index in [9.17, 15) is 22.4 Å². The van der Waals surface area contributed by atoms with E-state index in [1.807, 2.05) is 4.72 Å². The Bertz CT molecular complexity index is 1170. The molecule has 0 saturated carbocycles. The Hall–Kier alpha value is -2.89. The number of hydrogen-bond donors (Lipinski definition) is 2. The van der Waals surface area contributed by atoms with E-state index in [2.05, 4.69) is 4.72 Å².